The van der Waals surface area contributed by atoms with Crippen molar-refractivity contribution >= 4 is 17.7 Å². The van der Waals surface area contributed by atoms with Gasteiger partial charge in [0.1, 0.15) is 6.61 Å². The fraction of sp³-hybridized carbons (Fsp3) is 0.438. The van der Waals surface area contributed by atoms with Crippen LogP contribution in [0.1, 0.15) is 25.8 Å². The van der Waals surface area contributed by atoms with Crippen molar-refractivity contribution in [1.29, 1.82) is 0 Å². The van der Waals surface area contributed by atoms with Crippen LogP contribution in [0.25, 0.3) is 0 Å². The number of carbonyl (C=O) groups excluding carboxylic acids is 1. The van der Waals surface area contributed by atoms with Gasteiger partial charge in [-0.3, -0.25) is 4.79 Å². The van der Waals surface area contributed by atoms with Crippen molar-refractivity contribution in [2.24, 2.45) is 5.92 Å². The van der Waals surface area contributed by atoms with Gasteiger partial charge in [0.15, 0.2) is 11.5 Å². The molecular weight excluding hydrogens is 330 g/mol. The zero-order valence-electron chi connectivity index (χ0n) is 13.5. The zero-order chi connectivity index (χ0) is 16.9. The molecule has 1 aliphatic heterocycles. The molecule has 0 fully saturated rings. The van der Waals surface area contributed by atoms with Crippen LogP contribution >= 0.6 is 11.8 Å². The van der Waals surface area contributed by atoms with Gasteiger partial charge < -0.3 is 19.2 Å². The number of nitrogens with one attached hydrogen (secondary N) is 1. The fourth-order valence-electron chi connectivity index (χ4n) is 2.05. The number of para-hydroxylation sites is 2. The van der Waals surface area contributed by atoms with Gasteiger partial charge in [-0.1, -0.05) is 37.7 Å². The first-order chi connectivity index (χ1) is 11.6. The molecule has 1 aliphatic rings. The summed E-state index contributed by atoms with van der Waals surface area (Å²) >= 11 is 1.20. The molecule has 128 valence electrons. The summed E-state index contributed by atoms with van der Waals surface area (Å²) in [7, 11) is 0. The second-order valence-corrected chi connectivity index (χ2v) is 6.68. The molecule has 7 nitrogen and oxygen atoms in total. The van der Waals surface area contributed by atoms with E-state index in [4.69, 9.17) is 13.9 Å². The Labute approximate surface area is 144 Å². The van der Waals surface area contributed by atoms with Crippen molar-refractivity contribution in [2.75, 3.05) is 18.9 Å². The van der Waals surface area contributed by atoms with E-state index in [9.17, 15) is 4.79 Å². The molecule has 1 atom stereocenters. The predicted molar refractivity (Wildman–Crippen MR) is 88.2 cm³/mol. The van der Waals surface area contributed by atoms with E-state index in [0.717, 1.165) is 0 Å². The fourth-order valence-corrected chi connectivity index (χ4v) is 2.65. The smallest absolute Gasteiger partial charge is 0.277 e. The van der Waals surface area contributed by atoms with Crippen LogP contribution in [0.2, 0.25) is 0 Å². The first kappa shape index (κ1) is 16.6. The third-order valence-electron chi connectivity index (χ3n) is 3.24. The number of carbonyl (C=O) groups is 1. The van der Waals surface area contributed by atoms with Gasteiger partial charge >= 0.3 is 0 Å². The lowest BCUT2D eigenvalue weighted by molar-refractivity contribution is -0.118. The molecule has 0 aliphatic carbocycles. The number of thioether (sulfide) groups is 1. The van der Waals surface area contributed by atoms with Gasteiger partial charge in [0, 0.05) is 6.54 Å². The average Bonchev–Trinajstić information content (AvgIpc) is 3.06. The van der Waals surface area contributed by atoms with E-state index in [-0.39, 0.29) is 11.7 Å². The van der Waals surface area contributed by atoms with Crippen molar-refractivity contribution in [3.05, 3.63) is 30.2 Å². The minimum Gasteiger partial charge on any atom is -0.485 e. The van der Waals surface area contributed by atoms with Gasteiger partial charge in [0.05, 0.1) is 5.75 Å². The molecule has 24 heavy (non-hydrogen) atoms. The van der Waals surface area contributed by atoms with Crippen LogP contribution in [0.15, 0.2) is 33.9 Å². The highest BCUT2D eigenvalue weighted by Crippen LogP contribution is 2.35. The van der Waals surface area contributed by atoms with Crippen LogP contribution in [0.4, 0.5) is 0 Å². The molecule has 1 unspecified atom stereocenters. The minimum atomic E-state index is -0.448. The quantitative estimate of drug-likeness (QED) is 0.802. The van der Waals surface area contributed by atoms with Crippen molar-refractivity contribution in [3.63, 3.8) is 0 Å². The number of aromatic nitrogens is 2. The van der Waals surface area contributed by atoms with E-state index in [1.807, 2.05) is 38.1 Å². The number of fused-ring (bicyclic) bond motifs is 1. The molecule has 0 saturated heterocycles. The molecule has 1 amide bonds. The number of amides is 1. The number of nitrogens with zero attached hydrogens (tertiary/aromatic N) is 2. The van der Waals surface area contributed by atoms with Gasteiger partial charge in [-0.15, -0.1) is 10.2 Å². The lowest BCUT2D eigenvalue weighted by Crippen LogP contribution is -2.28. The van der Waals surface area contributed by atoms with Crippen molar-refractivity contribution < 1.29 is 18.7 Å². The lowest BCUT2D eigenvalue weighted by Gasteiger charge is -2.23. The molecular formula is C16H19N3O4S. The molecule has 2 aromatic rings. The summed E-state index contributed by atoms with van der Waals surface area (Å²) in [5.41, 5.74) is 0. The molecule has 0 bridgehead atoms. The third-order valence-corrected chi connectivity index (χ3v) is 4.06. The molecule has 1 N–H and O–H groups in total. The van der Waals surface area contributed by atoms with E-state index in [2.05, 4.69) is 15.5 Å². The number of rotatable bonds is 6. The number of hydrogen-bond donors (Lipinski definition) is 1. The second-order valence-electron chi connectivity index (χ2n) is 5.76. The van der Waals surface area contributed by atoms with Crippen molar-refractivity contribution in [1.82, 2.24) is 15.5 Å². The summed E-state index contributed by atoms with van der Waals surface area (Å²) in [6.07, 6.45) is -0.448. The van der Waals surface area contributed by atoms with Crippen molar-refractivity contribution in [2.45, 2.75) is 25.2 Å². The van der Waals surface area contributed by atoms with Gasteiger partial charge in [-0.05, 0) is 18.1 Å². The first-order valence-electron chi connectivity index (χ1n) is 7.73. The third kappa shape index (κ3) is 4.19. The zero-order valence-corrected chi connectivity index (χ0v) is 14.3. The van der Waals surface area contributed by atoms with E-state index in [0.29, 0.717) is 41.7 Å². The van der Waals surface area contributed by atoms with Crippen LogP contribution in [0.5, 0.6) is 11.5 Å². The normalized spacial score (nSPS) is 16.2. The summed E-state index contributed by atoms with van der Waals surface area (Å²) in [5, 5.41) is 11.1. The van der Waals surface area contributed by atoms with E-state index in [1.165, 1.54) is 11.8 Å². The van der Waals surface area contributed by atoms with Crippen LogP contribution < -0.4 is 14.8 Å². The predicted octanol–water partition coefficient (Wildman–Crippen LogP) is 2.45. The van der Waals surface area contributed by atoms with Gasteiger partial charge in [0.2, 0.25) is 12.0 Å². The van der Waals surface area contributed by atoms with Crippen LogP contribution in [-0.2, 0) is 4.79 Å². The molecule has 1 aromatic carbocycles. The van der Waals surface area contributed by atoms with E-state index < -0.39 is 6.10 Å². The Hall–Kier alpha value is -2.22. The van der Waals surface area contributed by atoms with Gasteiger partial charge in [-0.25, -0.2) is 0 Å². The maximum Gasteiger partial charge on any atom is 0.277 e. The summed E-state index contributed by atoms with van der Waals surface area (Å²) in [4.78, 5) is 11.7. The summed E-state index contributed by atoms with van der Waals surface area (Å²) < 4.78 is 17.0. The Bertz CT molecular complexity index is 704. The highest BCUT2D eigenvalue weighted by molar-refractivity contribution is 7.99. The topological polar surface area (TPSA) is 86.5 Å². The monoisotopic (exact) mass is 349 g/mol. The van der Waals surface area contributed by atoms with E-state index in [1.54, 1.807) is 0 Å². The van der Waals surface area contributed by atoms with Crippen LogP contribution in [-0.4, -0.2) is 35.0 Å². The summed E-state index contributed by atoms with van der Waals surface area (Å²) in [5.74, 6) is 2.28. The minimum absolute atomic E-state index is 0.0559. The molecule has 8 heteroatoms. The molecule has 1 aromatic heterocycles. The van der Waals surface area contributed by atoms with E-state index >= 15 is 0 Å². The first-order valence-corrected chi connectivity index (χ1v) is 8.71. The average molecular weight is 349 g/mol. The largest absolute Gasteiger partial charge is 0.485 e. The molecule has 0 saturated carbocycles. The van der Waals surface area contributed by atoms with Crippen molar-refractivity contribution in [3.8, 4) is 11.5 Å². The maximum absolute atomic E-state index is 11.7. The maximum atomic E-state index is 11.7. The lowest BCUT2D eigenvalue weighted by atomic mass is 10.2. The summed E-state index contributed by atoms with van der Waals surface area (Å²) in [6.45, 7) is 5.05. The Balaban J connectivity index is 1.54. The summed E-state index contributed by atoms with van der Waals surface area (Å²) in [6, 6.07) is 7.42. The number of ether oxygens (including phenoxy) is 2. The Morgan fingerprint density at radius 3 is 2.92 bits per heavy atom. The van der Waals surface area contributed by atoms with Gasteiger partial charge in [-0.2, -0.15) is 0 Å². The van der Waals surface area contributed by atoms with Crippen LogP contribution in [0, 0.1) is 5.92 Å². The van der Waals surface area contributed by atoms with Gasteiger partial charge in [0.25, 0.3) is 11.1 Å². The highest BCUT2D eigenvalue weighted by Gasteiger charge is 2.27. The van der Waals surface area contributed by atoms with Crippen LogP contribution in [0.3, 0.4) is 0 Å². The molecule has 3 rings (SSSR count). The Kier molecular flexibility index (Phi) is 5.24. The molecule has 2 heterocycles. The molecule has 0 spiro atoms. The second kappa shape index (κ2) is 7.57. The molecule has 0 radical (unpaired) electrons. The Morgan fingerprint density at radius 2 is 2.12 bits per heavy atom. The standard InChI is InChI=1S/C16H19N3O4S/c1-10(2)7-17-14(20)9-24-16-19-18-15(23-16)13-8-21-11-5-3-4-6-12(11)22-13/h3-6,10,13H,7-9H2,1-2H3,(H,17,20). The number of benzene rings is 1. The highest BCUT2D eigenvalue weighted by atomic mass is 32.2. The SMILES string of the molecule is CC(C)CNC(=O)CSc1nnc(C2COc3ccccc3O2)o1. The number of hydrogen-bond acceptors (Lipinski definition) is 7. The Morgan fingerprint density at radius 1 is 1.33 bits per heavy atom.